The lowest BCUT2D eigenvalue weighted by molar-refractivity contribution is -0.384. The van der Waals surface area contributed by atoms with Gasteiger partial charge < -0.3 is 15.2 Å². The molecule has 2 rings (SSSR count). The maximum Gasteiger partial charge on any atom is 0.343 e. The summed E-state index contributed by atoms with van der Waals surface area (Å²) in [7, 11) is 1.39. The predicted molar refractivity (Wildman–Crippen MR) is 91.4 cm³/mol. The summed E-state index contributed by atoms with van der Waals surface area (Å²) in [6.45, 7) is 0. The standard InChI is InChI=1S/C16H14N4O6/c1-25-14-8-10(9-18-19-16(17)22)2-7-13(14)26-15(21)11-3-5-12(6-4-11)20(23)24/h2-9H,1H3,(H3,17,19,22). The largest absolute Gasteiger partial charge is 0.493 e. The summed E-state index contributed by atoms with van der Waals surface area (Å²) in [5.74, 6) is -0.297. The molecule has 2 aromatic carbocycles. The Hall–Kier alpha value is -3.95. The molecule has 2 aromatic rings. The fraction of sp³-hybridized carbons (Fsp3) is 0.0625. The Bertz CT molecular complexity index is 864. The van der Waals surface area contributed by atoms with Gasteiger partial charge in [0, 0.05) is 12.1 Å². The van der Waals surface area contributed by atoms with Crippen LogP contribution in [0.1, 0.15) is 15.9 Å². The van der Waals surface area contributed by atoms with Crippen molar-refractivity contribution in [1.29, 1.82) is 0 Å². The summed E-state index contributed by atoms with van der Waals surface area (Å²) < 4.78 is 10.4. The number of nitrogens with two attached hydrogens (primary N) is 1. The number of non-ortho nitro benzene ring substituents is 1. The number of carbonyl (C=O) groups is 2. The number of esters is 1. The molecule has 0 unspecified atom stereocenters. The first kappa shape index (κ1) is 18.4. The van der Waals surface area contributed by atoms with Crippen LogP contribution in [-0.2, 0) is 0 Å². The molecule has 0 spiro atoms. The number of ether oxygens (including phenoxy) is 2. The highest BCUT2D eigenvalue weighted by Gasteiger charge is 2.14. The highest BCUT2D eigenvalue weighted by Crippen LogP contribution is 2.28. The highest BCUT2D eigenvalue weighted by molar-refractivity contribution is 5.92. The maximum atomic E-state index is 12.2. The van der Waals surface area contributed by atoms with Gasteiger partial charge in [-0.3, -0.25) is 10.1 Å². The molecule has 0 atom stereocenters. The maximum absolute atomic E-state index is 12.2. The van der Waals surface area contributed by atoms with E-state index in [1.165, 1.54) is 49.7 Å². The van der Waals surface area contributed by atoms with Crippen molar-refractivity contribution in [3.05, 3.63) is 63.7 Å². The van der Waals surface area contributed by atoms with E-state index in [1.807, 2.05) is 5.43 Å². The SMILES string of the molecule is COc1cc(C=NNC(N)=O)ccc1OC(=O)c1ccc([N+](=O)[O-])cc1. The van der Waals surface area contributed by atoms with Gasteiger partial charge in [-0.1, -0.05) is 0 Å². The van der Waals surface area contributed by atoms with E-state index in [-0.39, 0.29) is 22.7 Å². The number of hydrogen-bond acceptors (Lipinski definition) is 7. The van der Waals surface area contributed by atoms with Gasteiger partial charge in [-0.05, 0) is 35.9 Å². The Labute approximate surface area is 147 Å². The molecule has 0 saturated carbocycles. The molecule has 0 aliphatic rings. The van der Waals surface area contributed by atoms with Crippen LogP contribution >= 0.6 is 0 Å². The van der Waals surface area contributed by atoms with Crippen LogP contribution in [0, 0.1) is 10.1 Å². The number of carbonyl (C=O) groups excluding carboxylic acids is 2. The Morgan fingerprint density at radius 1 is 1.19 bits per heavy atom. The van der Waals surface area contributed by atoms with E-state index < -0.39 is 16.9 Å². The fourth-order valence-corrected chi connectivity index (χ4v) is 1.90. The minimum atomic E-state index is -0.804. The Morgan fingerprint density at radius 2 is 1.88 bits per heavy atom. The molecule has 0 aliphatic heterocycles. The number of hydrazone groups is 1. The monoisotopic (exact) mass is 358 g/mol. The molecule has 10 nitrogen and oxygen atoms in total. The van der Waals surface area contributed by atoms with Crippen molar-refractivity contribution in [1.82, 2.24) is 5.43 Å². The quantitative estimate of drug-likeness (QED) is 0.265. The molecule has 3 N–H and O–H groups in total. The number of primary amides is 1. The molecular formula is C16H14N4O6. The number of nitro groups is 1. The third-order valence-corrected chi connectivity index (χ3v) is 3.09. The summed E-state index contributed by atoms with van der Waals surface area (Å²) in [5.41, 5.74) is 7.51. The summed E-state index contributed by atoms with van der Waals surface area (Å²) in [5, 5.41) is 14.2. The van der Waals surface area contributed by atoms with Crippen LogP contribution in [0.15, 0.2) is 47.6 Å². The number of methoxy groups -OCH3 is 1. The molecule has 2 amide bonds. The molecule has 0 aromatic heterocycles. The summed E-state index contributed by atoms with van der Waals surface area (Å²) in [4.78, 5) is 32.8. The Balaban J connectivity index is 2.15. The normalized spacial score (nSPS) is 10.3. The smallest absolute Gasteiger partial charge is 0.343 e. The van der Waals surface area contributed by atoms with Gasteiger partial charge in [0.15, 0.2) is 11.5 Å². The summed E-state index contributed by atoms with van der Waals surface area (Å²) >= 11 is 0. The molecule has 0 bridgehead atoms. The molecule has 0 saturated heterocycles. The van der Waals surface area contributed by atoms with Crippen molar-refractivity contribution >= 4 is 23.9 Å². The van der Waals surface area contributed by atoms with E-state index in [0.717, 1.165) is 0 Å². The molecule has 0 fully saturated rings. The van der Waals surface area contributed by atoms with Gasteiger partial charge in [0.25, 0.3) is 5.69 Å². The number of nitrogens with one attached hydrogen (secondary N) is 1. The first-order valence-electron chi connectivity index (χ1n) is 7.14. The Kier molecular flexibility index (Phi) is 5.83. The first-order valence-corrected chi connectivity index (χ1v) is 7.14. The van der Waals surface area contributed by atoms with Crippen molar-refractivity contribution in [3.8, 4) is 11.5 Å². The van der Waals surface area contributed by atoms with E-state index in [4.69, 9.17) is 15.2 Å². The van der Waals surface area contributed by atoms with E-state index in [9.17, 15) is 19.7 Å². The average molecular weight is 358 g/mol. The van der Waals surface area contributed by atoms with Crippen molar-refractivity contribution < 1.29 is 24.0 Å². The van der Waals surface area contributed by atoms with Gasteiger partial charge in [0.05, 0.1) is 23.8 Å². The summed E-state index contributed by atoms with van der Waals surface area (Å²) in [6.07, 6.45) is 1.33. The molecular weight excluding hydrogens is 344 g/mol. The number of benzene rings is 2. The van der Waals surface area contributed by atoms with Crippen LogP contribution in [0.3, 0.4) is 0 Å². The van der Waals surface area contributed by atoms with Crippen molar-refractivity contribution in [2.45, 2.75) is 0 Å². The lowest BCUT2D eigenvalue weighted by atomic mass is 10.2. The van der Waals surface area contributed by atoms with E-state index in [0.29, 0.717) is 5.56 Å². The number of rotatable bonds is 6. The zero-order chi connectivity index (χ0) is 19.1. The predicted octanol–water partition coefficient (Wildman–Crippen LogP) is 1.82. The van der Waals surface area contributed by atoms with Crippen LogP contribution < -0.4 is 20.6 Å². The first-order chi connectivity index (χ1) is 12.4. The molecule has 0 aliphatic carbocycles. The number of hydrogen-bond donors (Lipinski definition) is 2. The fourth-order valence-electron chi connectivity index (χ4n) is 1.90. The van der Waals surface area contributed by atoms with Crippen LogP contribution in [0.25, 0.3) is 0 Å². The molecule has 0 heterocycles. The third-order valence-electron chi connectivity index (χ3n) is 3.09. The van der Waals surface area contributed by atoms with Crippen LogP contribution in [-0.4, -0.2) is 30.2 Å². The second kappa shape index (κ2) is 8.24. The van der Waals surface area contributed by atoms with E-state index in [1.54, 1.807) is 6.07 Å². The van der Waals surface area contributed by atoms with Gasteiger partial charge in [-0.15, -0.1) is 0 Å². The third kappa shape index (κ3) is 4.77. The van der Waals surface area contributed by atoms with Crippen LogP contribution in [0.5, 0.6) is 11.5 Å². The lowest BCUT2D eigenvalue weighted by Gasteiger charge is -2.10. The van der Waals surface area contributed by atoms with E-state index >= 15 is 0 Å². The second-order valence-electron chi connectivity index (χ2n) is 4.84. The number of nitrogens with zero attached hydrogens (tertiary/aromatic N) is 2. The van der Waals surface area contributed by atoms with Gasteiger partial charge in [-0.25, -0.2) is 15.0 Å². The topological polar surface area (TPSA) is 146 Å². The van der Waals surface area contributed by atoms with Crippen LogP contribution in [0.2, 0.25) is 0 Å². The molecule has 0 radical (unpaired) electrons. The van der Waals surface area contributed by atoms with Crippen molar-refractivity contribution in [2.24, 2.45) is 10.8 Å². The lowest BCUT2D eigenvalue weighted by Crippen LogP contribution is -2.24. The van der Waals surface area contributed by atoms with Gasteiger partial charge in [0.2, 0.25) is 0 Å². The highest BCUT2D eigenvalue weighted by atomic mass is 16.6. The zero-order valence-corrected chi connectivity index (χ0v) is 13.5. The van der Waals surface area contributed by atoms with Gasteiger partial charge in [-0.2, -0.15) is 5.10 Å². The van der Waals surface area contributed by atoms with Crippen molar-refractivity contribution in [3.63, 3.8) is 0 Å². The van der Waals surface area contributed by atoms with Gasteiger partial charge >= 0.3 is 12.0 Å². The van der Waals surface area contributed by atoms with Crippen molar-refractivity contribution in [2.75, 3.05) is 7.11 Å². The summed E-state index contributed by atoms with van der Waals surface area (Å²) in [6, 6.07) is 8.79. The second-order valence-corrected chi connectivity index (χ2v) is 4.84. The Morgan fingerprint density at radius 3 is 2.46 bits per heavy atom. The number of nitro benzene ring substituents is 1. The zero-order valence-electron chi connectivity index (χ0n) is 13.5. The molecule has 10 heteroatoms. The van der Waals surface area contributed by atoms with E-state index in [2.05, 4.69) is 5.10 Å². The minimum absolute atomic E-state index is 0.132. The average Bonchev–Trinajstić information content (AvgIpc) is 2.62. The number of amides is 2. The van der Waals surface area contributed by atoms with Gasteiger partial charge in [0.1, 0.15) is 0 Å². The van der Waals surface area contributed by atoms with Crippen LogP contribution in [0.4, 0.5) is 10.5 Å². The molecule has 26 heavy (non-hydrogen) atoms. The number of urea groups is 1. The molecule has 134 valence electrons. The minimum Gasteiger partial charge on any atom is -0.493 e.